The van der Waals surface area contributed by atoms with Crippen LogP contribution in [-0.4, -0.2) is 18.6 Å². The Morgan fingerprint density at radius 2 is 2.00 bits per heavy atom. The predicted molar refractivity (Wildman–Crippen MR) is 45.5 cm³/mol. The number of benzene rings is 1. The topological polar surface area (TPSA) is 26.3 Å². The number of hydrogen-bond donors (Lipinski definition) is 0. The van der Waals surface area contributed by atoms with Gasteiger partial charge in [0.15, 0.2) is 0 Å². The standard InChI is InChI=1S/C6H5ClO2SSe/c7-11-9-10(8)6-4-2-1-3-5-6/h1-5H. The Kier molecular flexibility index (Phi) is 4.12. The fraction of sp³-hybridized carbons (Fsp3) is 0. The molecule has 1 aromatic rings. The van der Waals surface area contributed by atoms with E-state index in [0.29, 0.717) is 4.90 Å². The molecule has 0 fully saturated rings. The van der Waals surface area contributed by atoms with Crippen molar-refractivity contribution in [3.63, 3.8) is 0 Å². The summed E-state index contributed by atoms with van der Waals surface area (Å²) in [6, 6.07) is 8.93. The SMILES string of the molecule is O=S(O[Se]Cl)c1ccccc1. The molecule has 0 saturated carbocycles. The normalized spacial score (nSPS) is 12.8. The van der Waals surface area contributed by atoms with Gasteiger partial charge in [0.1, 0.15) is 0 Å². The molecule has 60 valence electrons. The molecule has 1 atom stereocenters. The van der Waals surface area contributed by atoms with E-state index in [9.17, 15) is 4.21 Å². The van der Waals surface area contributed by atoms with Crippen LogP contribution in [-0.2, 0) is 14.3 Å². The molecule has 0 aromatic heterocycles. The summed E-state index contributed by atoms with van der Waals surface area (Å²) in [5, 5.41) is 0. The average molecular weight is 256 g/mol. The fourth-order valence-electron chi connectivity index (χ4n) is 0.594. The van der Waals surface area contributed by atoms with Crippen LogP contribution < -0.4 is 0 Å². The van der Waals surface area contributed by atoms with Gasteiger partial charge in [0.2, 0.25) is 0 Å². The van der Waals surface area contributed by atoms with Crippen LogP contribution in [0.2, 0.25) is 0 Å². The van der Waals surface area contributed by atoms with Crippen molar-refractivity contribution in [1.82, 2.24) is 0 Å². The Hall–Kier alpha value is 0.139. The number of hydrogen-bond acceptors (Lipinski definition) is 2. The second-order valence-corrected chi connectivity index (χ2v) is 4.53. The molecule has 0 spiro atoms. The molecule has 0 aliphatic carbocycles. The van der Waals surface area contributed by atoms with Crippen molar-refractivity contribution in [2.75, 3.05) is 0 Å². The third kappa shape index (κ3) is 2.93. The molecule has 2 nitrogen and oxygen atoms in total. The molecule has 0 bridgehead atoms. The summed E-state index contributed by atoms with van der Waals surface area (Å²) in [5.41, 5.74) is 0. The van der Waals surface area contributed by atoms with Crippen LogP contribution in [0.5, 0.6) is 0 Å². The zero-order valence-electron chi connectivity index (χ0n) is 5.40. The Balaban J connectivity index is 2.69. The summed E-state index contributed by atoms with van der Waals surface area (Å²) in [6.07, 6.45) is 0. The maximum atomic E-state index is 11.1. The van der Waals surface area contributed by atoms with Gasteiger partial charge in [0.25, 0.3) is 0 Å². The van der Waals surface area contributed by atoms with Gasteiger partial charge in [0, 0.05) is 0 Å². The first-order chi connectivity index (χ1) is 5.34. The molecular formula is C6H5ClO2SSe. The van der Waals surface area contributed by atoms with Crippen LogP contribution >= 0.6 is 10.1 Å². The van der Waals surface area contributed by atoms with Gasteiger partial charge in [-0.1, -0.05) is 0 Å². The van der Waals surface area contributed by atoms with Crippen LogP contribution in [0.25, 0.3) is 0 Å². The van der Waals surface area contributed by atoms with Gasteiger partial charge in [-0.3, -0.25) is 0 Å². The summed E-state index contributed by atoms with van der Waals surface area (Å²) < 4.78 is 15.8. The van der Waals surface area contributed by atoms with Crippen molar-refractivity contribution in [3.05, 3.63) is 30.3 Å². The Morgan fingerprint density at radius 1 is 1.36 bits per heavy atom. The van der Waals surface area contributed by atoms with Crippen molar-refractivity contribution in [2.45, 2.75) is 4.90 Å². The summed E-state index contributed by atoms with van der Waals surface area (Å²) in [6.45, 7) is 0. The monoisotopic (exact) mass is 256 g/mol. The fourth-order valence-corrected chi connectivity index (χ4v) is 2.62. The molecule has 0 saturated heterocycles. The molecule has 1 aromatic carbocycles. The summed E-state index contributed by atoms with van der Waals surface area (Å²) in [5.74, 6) is 0. The van der Waals surface area contributed by atoms with Crippen LogP contribution in [0.1, 0.15) is 0 Å². The van der Waals surface area contributed by atoms with Gasteiger partial charge in [-0.25, -0.2) is 0 Å². The third-order valence-electron chi connectivity index (χ3n) is 1.02. The van der Waals surface area contributed by atoms with Gasteiger partial charge in [-0.2, -0.15) is 0 Å². The van der Waals surface area contributed by atoms with E-state index in [-0.39, 0.29) is 0 Å². The molecule has 0 amide bonds. The first kappa shape index (κ1) is 9.23. The summed E-state index contributed by atoms with van der Waals surface area (Å²) in [7, 11) is 5.29. The van der Waals surface area contributed by atoms with Gasteiger partial charge in [-0.05, 0) is 0 Å². The predicted octanol–water partition coefficient (Wildman–Crippen LogP) is 1.50. The molecule has 1 unspecified atom stereocenters. The minimum absolute atomic E-state index is 0.527. The second kappa shape index (κ2) is 4.91. The zero-order valence-corrected chi connectivity index (χ0v) is 8.68. The number of rotatable bonds is 3. The van der Waals surface area contributed by atoms with Gasteiger partial charge < -0.3 is 0 Å². The average Bonchev–Trinajstić information content (AvgIpc) is 2.07. The van der Waals surface area contributed by atoms with E-state index in [0.717, 1.165) is 0 Å². The van der Waals surface area contributed by atoms with Crippen molar-refractivity contribution < 1.29 is 7.47 Å². The van der Waals surface area contributed by atoms with Gasteiger partial charge >= 0.3 is 78.3 Å². The Labute approximate surface area is 78.3 Å². The van der Waals surface area contributed by atoms with Gasteiger partial charge in [-0.15, -0.1) is 0 Å². The van der Waals surface area contributed by atoms with Crippen LogP contribution in [0.3, 0.4) is 0 Å². The molecule has 0 radical (unpaired) electrons. The van der Waals surface area contributed by atoms with Crippen molar-refractivity contribution in [3.8, 4) is 0 Å². The van der Waals surface area contributed by atoms with E-state index in [2.05, 4.69) is 0 Å². The Morgan fingerprint density at radius 3 is 2.55 bits per heavy atom. The third-order valence-corrected chi connectivity index (χ3v) is 3.76. The van der Waals surface area contributed by atoms with E-state index in [1.54, 1.807) is 24.3 Å². The zero-order chi connectivity index (χ0) is 8.10. The molecule has 0 aliphatic rings. The molecule has 5 heteroatoms. The quantitative estimate of drug-likeness (QED) is 0.765. The molecular weight excluding hydrogens is 251 g/mol. The Bertz CT molecular complexity index is 242. The second-order valence-electron chi connectivity index (χ2n) is 1.68. The molecule has 1 rings (SSSR count). The number of halogens is 1. The first-order valence-electron chi connectivity index (χ1n) is 2.77. The summed E-state index contributed by atoms with van der Waals surface area (Å²) >= 11 is -1.91. The van der Waals surface area contributed by atoms with E-state index in [4.69, 9.17) is 13.4 Å². The minimum atomic E-state index is -1.39. The van der Waals surface area contributed by atoms with Gasteiger partial charge in [0.05, 0.1) is 0 Å². The van der Waals surface area contributed by atoms with Crippen molar-refractivity contribution in [1.29, 1.82) is 0 Å². The van der Waals surface area contributed by atoms with E-state index < -0.39 is 25.5 Å². The first-order valence-corrected chi connectivity index (χ1v) is 6.79. The molecule has 11 heavy (non-hydrogen) atoms. The van der Waals surface area contributed by atoms with Crippen molar-refractivity contribution in [2.24, 2.45) is 0 Å². The van der Waals surface area contributed by atoms with Crippen molar-refractivity contribution >= 4 is 35.6 Å². The van der Waals surface area contributed by atoms with Crippen LogP contribution in [0.4, 0.5) is 0 Å². The van der Waals surface area contributed by atoms with E-state index in [1.165, 1.54) is 0 Å². The molecule has 0 heterocycles. The maximum absolute atomic E-state index is 11.1. The summed E-state index contributed by atoms with van der Waals surface area (Å²) in [4.78, 5) is 0.648. The molecule has 0 aliphatic heterocycles. The van der Waals surface area contributed by atoms with E-state index in [1.807, 2.05) is 6.07 Å². The van der Waals surface area contributed by atoms with E-state index >= 15 is 0 Å². The van der Waals surface area contributed by atoms with Crippen LogP contribution in [0, 0.1) is 0 Å². The molecule has 0 N–H and O–H groups in total. The van der Waals surface area contributed by atoms with Crippen LogP contribution in [0.15, 0.2) is 35.2 Å².